The van der Waals surface area contributed by atoms with E-state index in [1.54, 1.807) is 0 Å². The Labute approximate surface area is 123 Å². The fourth-order valence-electron chi connectivity index (χ4n) is 2.59. The molecule has 1 heterocycles. The Bertz CT molecular complexity index is 473. The average molecular weight is 304 g/mol. The van der Waals surface area contributed by atoms with Gasteiger partial charge in [-0.3, -0.25) is 15.0 Å². The van der Waals surface area contributed by atoms with E-state index in [9.17, 15) is 14.5 Å². The van der Waals surface area contributed by atoms with Crippen molar-refractivity contribution in [2.24, 2.45) is 11.7 Å². The number of nitrogens with zero attached hydrogens (tertiary/aromatic N) is 2. The van der Waals surface area contributed by atoms with Crippen LogP contribution in [-0.2, 0) is 6.54 Å². The van der Waals surface area contributed by atoms with Crippen molar-refractivity contribution in [2.45, 2.75) is 19.4 Å². The standard InChI is InChI=1S/C13H18FN3O2.ClH/c14-12-3-4-13(17(18)19)11(6-12)9-16-5-1-2-10(7-15)8-16;/h3-4,6,10H,1-2,5,7-9,15H2;1H. The van der Waals surface area contributed by atoms with Crippen LogP contribution in [-0.4, -0.2) is 29.5 Å². The van der Waals surface area contributed by atoms with Crippen LogP contribution in [0, 0.1) is 21.8 Å². The molecule has 0 amide bonds. The molecule has 1 aromatic rings. The zero-order valence-electron chi connectivity index (χ0n) is 11.1. The largest absolute Gasteiger partial charge is 0.330 e. The number of rotatable bonds is 4. The van der Waals surface area contributed by atoms with Gasteiger partial charge in [-0.1, -0.05) is 0 Å². The molecule has 0 spiro atoms. The number of likely N-dealkylation sites (tertiary alicyclic amines) is 1. The molecule has 1 unspecified atom stereocenters. The predicted octanol–water partition coefficient (Wildman–Crippen LogP) is 2.33. The van der Waals surface area contributed by atoms with Crippen LogP contribution in [0.15, 0.2) is 18.2 Å². The Kier molecular flexibility index (Phi) is 6.32. The molecule has 0 saturated carbocycles. The highest BCUT2D eigenvalue weighted by atomic mass is 35.5. The van der Waals surface area contributed by atoms with Crippen molar-refractivity contribution in [2.75, 3.05) is 19.6 Å². The first-order valence-electron chi connectivity index (χ1n) is 6.45. The van der Waals surface area contributed by atoms with E-state index in [1.807, 2.05) is 0 Å². The fraction of sp³-hybridized carbons (Fsp3) is 0.538. The summed E-state index contributed by atoms with van der Waals surface area (Å²) in [6.07, 6.45) is 2.13. The predicted molar refractivity (Wildman–Crippen MR) is 77.4 cm³/mol. The zero-order chi connectivity index (χ0) is 13.8. The molecule has 2 rings (SSSR count). The number of benzene rings is 1. The number of nitro groups is 1. The van der Waals surface area contributed by atoms with Gasteiger partial charge in [-0.2, -0.15) is 0 Å². The highest BCUT2D eigenvalue weighted by Crippen LogP contribution is 2.24. The van der Waals surface area contributed by atoms with Crippen LogP contribution in [0.3, 0.4) is 0 Å². The van der Waals surface area contributed by atoms with Gasteiger partial charge in [0.1, 0.15) is 5.82 Å². The van der Waals surface area contributed by atoms with Crippen LogP contribution in [0.5, 0.6) is 0 Å². The van der Waals surface area contributed by atoms with Crippen molar-refractivity contribution < 1.29 is 9.31 Å². The fourth-order valence-corrected chi connectivity index (χ4v) is 2.59. The van der Waals surface area contributed by atoms with E-state index in [2.05, 4.69) is 4.90 Å². The monoisotopic (exact) mass is 303 g/mol. The molecule has 0 aromatic heterocycles. The van der Waals surface area contributed by atoms with Gasteiger partial charge < -0.3 is 5.73 Å². The number of nitro benzene ring substituents is 1. The minimum absolute atomic E-state index is 0. The lowest BCUT2D eigenvalue weighted by Crippen LogP contribution is -2.37. The molecular weight excluding hydrogens is 285 g/mol. The van der Waals surface area contributed by atoms with Crippen molar-refractivity contribution in [3.63, 3.8) is 0 Å². The normalized spacial score (nSPS) is 19.4. The maximum atomic E-state index is 13.2. The summed E-state index contributed by atoms with van der Waals surface area (Å²) in [5, 5.41) is 10.9. The molecule has 1 aromatic carbocycles. The molecule has 112 valence electrons. The smallest absolute Gasteiger partial charge is 0.274 e. The topological polar surface area (TPSA) is 72.4 Å². The van der Waals surface area contributed by atoms with Gasteiger partial charge in [-0.25, -0.2) is 4.39 Å². The SMILES string of the molecule is Cl.NCC1CCCN(Cc2cc(F)ccc2[N+](=O)[O-])C1. The summed E-state index contributed by atoms with van der Waals surface area (Å²) in [5.41, 5.74) is 6.08. The minimum atomic E-state index is -0.459. The third-order valence-electron chi connectivity index (χ3n) is 3.57. The lowest BCUT2D eigenvalue weighted by atomic mass is 9.97. The first-order valence-corrected chi connectivity index (χ1v) is 6.45. The van der Waals surface area contributed by atoms with Crippen LogP contribution in [0.25, 0.3) is 0 Å². The van der Waals surface area contributed by atoms with Crippen molar-refractivity contribution in [3.05, 3.63) is 39.7 Å². The van der Waals surface area contributed by atoms with E-state index in [0.29, 0.717) is 24.6 Å². The van der Waals surface area contributed by atoms with Gasteiger partial charge in [0.2, 0.25) is 0 Å². The molecule has 0 bridgehead atoms. The van der Waals surface area contributed by atoms with Crippen molar-refractivity contribution in [1.29, 1.82) is 0 Å². The molecule has 2 N–H and O–H groups in total. The van der Waals surface area contributed by atoms with Crippen molar-refractivity contribution in [3.8, 4) is 0 Å². The highest BCUT2D eigenvalue weighted by molar-refractivity contribution is 5.85. The van der Waals surface area contributed by atoms with Gasteiger partial charge in [0.25, 0.3) is 5.69 Å². The number of halogens is 2. The van der Waals surface area contributed by atoms with E-state index in [0.717, 1.165) is 32.0 Å². The molecular formula is C13H19ClFN3O2. The van der Waals surface area contributed by atoms with Crippen molar-refractivity contribution in [1.82, 2.24) is 4.90 Å². The Morgan fingerprint density at radius 3 is 2.90 bits per heavy atom. The van der Waals surface area contributed by atoms with Crippen molar-refractivity contribution >= 4 is 18.1 Å². The van der Waals surface area contributed by atoms with Gasteiger partial charge in [-0.05, 0) is 44.0 Å². The molecule has 0 aliphatic carbocycles. The molecule has 1 atom stereocenters. The Balaban J connectivity index is 0.00000200. The molecule has 1 fully saturated rings. The minimum Gasteiger partial charge on any atom is -0.330 e. The average Bonchev–Trinajstić information content (AvgIpc) is 2.38. The summed E-state index contributed by atoms with van der Waals surface area (Å²) in [7, 11) is 0. The van der Waals surface area contributed by atoms with Crippen LogP contribution in [0.2, 0.25) is 0 Å². The first-order chi connectivity index (χ1) is 9.10. The van der Waals surface area contributed by atoms with E-state index < -0.39 is 10.7 Å². The van der Waals surface area contributed by atoms with Gasteiger partial charge in [-0.15, -0.1) is 12.4 Å². The van der Waals surface area contributed by atoms with Gasteiger partial charge in [0.15, 0.2) is 0 Å². The first kappa shape index (κ1) is 16.8. The lowest BCUT2D eigenvalue weighted by molar-refractivity contribution is -0.385. The van der Waals surface area contributed by atoms with Crippen LogP contribution in [0.1, 0.15) is 18.4 Å². The zero-order valence-corrected chi connectivity index (χ0v) is 11.9. The molecule has 1 aliphatic rings. The lowest BCUT2D eigenvalue weighted by Gasteiger charge is -2.31. The molecule has 5 nitrogen and oxygen atoms in total. The third-order valence-corrected chi connectivity index (χ3v) is 3.57. The maximum absolute atomic E-state index is 13.2. The van der Waals surface area contributed by atoms with E-state index in [4.69, 9.17) is 5.73 Å². The summed E-state index contributed by atoms with van der Waals surface area (Å²) in [5.74, 6) is -0.00523. The number of hydrogen-bond acceptors (Lipinski definition) is 4. The quantitative estimate of drug-likeness (QED) is 0.684. The van der Waals surface area contributed by atoms with E-state index >= 15 is 0 Å². The van der Waals surface area contributed by atoms with Crippen LogP contribution >= 0.6 is 12.4 Å². The Morgan fingerprint density at radius 1 is 1.50 bits per heavy atom. The second-order valence-electron chi connectivity index (χ2n) is 5.01. The number of hydrogen-bond donors (Lipinski definition) is 1. The second-order valence-corrected chi connectivity index (χ2v) is 5.01. The molecule has 1 aliphatic heterocycles. The Hall–Kier alpha value is -1.24. The Morgan fingerprint density at radius 2 is 2.25 bits per heavy atom. The summed E-state index contributed by atoms with van der Waals surface area (Å²) in [6.45, 7) is 2.74. The maximum Gasteiger partial charge on any atom is 0.274 e. The van der Waals surface area contributed by atoms with Gasteiger partial charge in [0, 0.05) is 24.7 Å². The summed E-state index contributed by atoms with van der Waals surface area (Å²) >= 11 is 0. The van der Waals surface area contributed by atoms with Crippen LogP contribution < -0.4 is 5.73 Å². The van der Waals surface area contributed by atoms with E-state index in [1.165, 1.54) is 12.1 Å². The molecule has 0 radical (unpaired) electrons. The van der Waals surface area contributed by atoms with Crippen LogP contribution in [0.4, 0.5) is 10.1 Å². The third kappa shape index (κ3) is 4.13. The summed E-state index contributed by atoms with van der Waals surface area (Å²) < 4.78 is 13.2. The van der Waals surface area contributed by atoms with Gasteiger partial charge in [0.05, 0.1) is 4.92 Å². The number of nitrogens with two attached hydrogens (primary N) is 1. The molecule has 1 saturated heterocycles. The second kappa shape index (κ2) is 7.52. The van der Waals surface area contributed by atoms with E-state index in [-0.39, 0.29) is 18.1 Å². The number of piperidine rings is 1. The molecule has 7 heteroatoms. The highest BCUT2D eigenvalue weighted by Gasteiger charge is 2.22. The molecule has 20 heavy (non-hydrogen) atoms. The summed E-state index contributed by atoms with van der Waals surface area (Å²) in [4.78, 5) is 12.6. The van der Waals surface area contributed by atoms with Gasteiger partial charge >= 0.3 is 0 Å². The summed E-state index contributed by atoms with van der Waals surface area (Å²) in [6, 6.07) is 3.61.